The van der Waals surface area contributed by atoms with Gasteiger partial charge in [-0.1, -0.05) is 23.7 Å². The Morgan fingerprint density at radius 2 is 1.84 bits per heavy atom. The van der Waals surface area contributed by atoms with Crippen molar-refractivity contribution in [2.45, 2.75) is 0 Å². The molecule has 0 fully saturated rings. The lowest BCUT2D eigenvalue weighted by Gasteiger charge is -2.07. The van der Waals surface area contributed by atoms with Crippen molar-refractivity contribution in [2.75, 3.05) is 5.73 Å². The second-order valence-corrected chi connectivity index (χ2v) is 4.40. The first-order chi connectivity index (χ1) is 9.22. The number of rotatable bonds is 2. The maximum atomic E-state index is 6.04. The summed E-state index contributed by atoms with van der Waals surface area (Å²) >= 11 is 6.04. The quantitative estimate of drug-likeness (QED) is 0.723. The molecule has 5 heteroatoms. The van der Waals surface area contributed by atoms with Gasteiger partial charge in [-0.15, -0.1) is 0 Å². The minimum absolute atomic E-state index is 0.394. The number of para-hydroxylation sites is 2. The van der Waals surface area contributed by atoms with Crippen molar-refractivity contribution >= 4 is 28.3 Å². The van der Waals surface area contributed by atoms with Gasteiger partial charge < -0.3 is 10.5 Å². The van der Waals surface area contributed by atoms with E-state index in [0.29, 0.717) is 22.3 Å². The van der Waals surface area contributed by atoms with Crippen molar-refractivity contribution < 1.29 is 4.74 Å². The average Bonchev–Trinajstić information content (AvgIpc) is 2.42. The van der Waals surface area contributed by atoms with Gasteiger partial charge in [-0.3, -0.25) is 0 Å². The molecule has 0 aliphatic rings. The van der Waals surface area contributed by atoms with E-state index in [9.17, 15) is 0 Å². The van der Waals surface area contributed by atoms with E-state index in [4.69, 9.17) is 22.1 Å². The first-order valence-corrected chi connectivity index (χ1v) is 6.05. The van der Waals surface area contributed by atoms with Crippen LogP contribution in [0.5, 0.6) is 11.6 Å². The van der Waals surface area contributed by atoms with Crippen LogP contribution in [0, 0.1) is 0 Å². The molecular weight excluding hydrogens is 262 g/mol. The second-order valence-electron chi connectivity index (χ2n) is 3.99. The lowest BCUT2D eigenvalue weighted by molar-refractivity contribution is 0.463. The Hall–Kier alpha value is -2.33. The minimum atomic E-state index is 0.394. The number of nitrogens with two attached hydrogens (primary N) is 1. The topological polar surface area (TPSA) is 61.0 Å². The molecule has 0 saturated heterocycles. The highest BCUT2D eigenvalue weighted by atomic mass is 35.5. The van der Waals surface area contributed by atoms with E-state index in [1.807, 2.05) is 24.3 Å². The molecule has 2 aromatic carbocycles. The lowest BCUT2D eigenvalue weighted by Crippen LogP contribution is -1.92. The van der Waals surface area contributed by atoms with Crippen LogP contribution >= 0.6 is 11.6 Å². The molecule has 0 bridgehead atoms. The Kier molecular flexibility index (Phi) is 2.93. The Morgan fingerprint density at radius 3 is 2.63 bits per heavy atom. The molecule has 19 heavy (non-hydrogen) atoms. The van der Waals surface area contributed by atoms with Gasteiger partial charge in [-0.2, -0.15) is 0 Å². The van der Waals surface area contributed by atoms with Gasteiger partial charge in [0.15, 0.2) is 0 Å². The fourth-order valence-corrected chi connectivity index (χ4v) is 1.93. The summed E-state index contributed by atoms with van der Waals surface area (Å²) < 4.78 is 5.61. The van der Waals surface area contributed by atoms with E-state index < -0.39 is 0 Å². The second kappa shape index (κ2) is 4.74. The van der Waals surface area contributed by atoms with Gasteiger partial charge in [0.25, 0.3) is 0 Å². The molecule has 2 N–H and O–H groups in total. The van der Waals surface area contributed by atoms with Crippen LogP contribution in [0.4, 0.5) is 5.69 Å². The van der Waals surface area contributed by atoms with Crippen LogP contribution in [0.1, 0.15) is 0 Å². The van der Waals surface area contributed by atoms with Gasteiger partial charge in [0, 0.05) is 5.69 Å². The largest absolute Gasteiger partial charge is 0.436 e. The third-order valence-corrected chi connectivity index (χ3v) is 2.89. The van der Waals surface area contributed by atoms with E-state index in [1.165, 1.54) is 0 Å². The van der Waals surface area contributed by atoms with Crippen molar-refractivity contribution in [3.8, 4) is 11.6 Å². The zero-order valence-corrected chi connectivity index (χ0v) is 10.6. The SMILES string of the molecule is Nc1ccc(Oc2cnc3ccccc3n2)c(Cl)c1. The maximum Gasteiger partial charge on any atom is 0.238 e. The van der Waals surface area contributed by atoms with E-state index in [0.717, 1.165) is 11.0 Å². The maximum absolute atomic E-state index is 6.04. The molecule has 0 amide bonds. The van der Waals surface area contributed by atoms with Gasteiger partial charge >= 0.3 is 0 Å². The lowest BCUT2D eigenvalue weighted by atomic mass is 10.3. The number of hydrogen-bond acceptors (Lipinski definition) is 4. The Morgan fingerprint density at radius 1 is 1.05 bits per heavy atom. The van der Waals surface area contributed by atoms with Gasteiger partial charge in [-0.25, -0.2) is 9.97 Å². The summed E-state index contributed by atoms with van der Waals surface area (Å²) in [6.07, 6.45) is 1.56. The number of nitrogens with zero attached hydrogens (tertiary/aromatic N) is 2. The van der Waals surface area contributed by atoms with E-state index >= 15 is 0 Å². The summed E-state index contributed by atoms with van der Waals surface area (Å²) in [6, 6.07) is 12.6. The van der Waals surface area contributed by atoms with Crippen molar-refractivity contribution in [1.29, 1.82) is 0 Å². The summed E-state index contributed by atoms with van der Waals surface area (Å²) in [4.78, 5) is 8.63. The Bertz CT molecular complexity index is 746. The molecule has 0 atom stereocenters. The van der Waals surface area contributed by atoms with Crippen LogP contribution < -0.4 is 10.5 Å². The van der Waals surface area contributed by atoms with Crippen molar-refractivity contribution in [3.05, 3.63) is 53.7 Å². The summed E-state index contributed by atoms with van der Waals surface area (Å²) in [5.41, 5.74) is 7.80. The number of nitrogen functional groups attached to an aromatic ring is 1. The zero-order chi connectivity index (χ0) is 13.2. The van der Waals surface area contributed by atoms with Gasteiger partial charge in [0.1, 0.15) is 5.75 Å². The normalized spacial score (nSPS) is 10.6. The fraction of sp³-hybridized carbons (Fsp3) is 0. The predicted octanol–water partition coefficient (Wildman–Crippen LogP) is 3.66. The molecule has 0 spiro atoms. The molecule has 0 radical (unpaired) electrons. The molecule has 3 aromatic rings. The predicted molar refractivity (Wildman–Crippen MR) is 75.5 cm³/mol. The van der Waals surface area contributed by atoms with Gasteiger partial charge in [0.2, 0.25) is 5.88 Å². The number of fused-ring (bicyclic) bond motifs is 1. The first-order valence-electron chi connectivity index (χ1n) is 5.67. The molecule has 0 aliphatic carbocycles. The smallest absolute Gasteiger partial charge is 0.238 e. The molecule has 3 rings (SSSR count). The fourth-order valence-electron chi connectivity index (χ4n) is 1.70. The third-order valence-electron chi connectivity index (χ3n) is 2.60. The molecule has 0 saturated carbocycles. The molecule has 0 unspecified atom stereocenters. The van der Waals surface area contributed by atoms with E-state index in [1.54, 1.807) is 24.4 Å². The molecular formula is C14H10ClN3O. The first kappa shape index (κ1) is 11.7. The molecule has 0 aliphatic heterocycles. The number of anilines is 1. The average molecular weight is 272 g/mol. The molecule has 1 heterocycles. The number of ether oxygens (including phenoxy) is 1. The molecule has 4 nitrogen and oxygen atoms in total. The van der Waals surface area contributed by atoms with Crippen LogP contribution in [0.3, 0.4) is 0 Å². The summed E-state index contributed by atoms with van der Waals surface area (Å²) in [5.74, 6) is 0.894. The number of halogens is 1. The van der Waals surface area contributed by atoms with Crippen molar-refractivity contribution in [1.82, 2.24) is 9.97 Å². The Labute approximate surface area is 114 Å². The summed E-state index contributed by atoms with van der Waals surface area (Å²) in [6.45, 7) is 0. The van der Waals surface area contributed by atoms with Crippen LogP contribution in [0.15, 0.2) is 48.7 Å². The van der Waals surface area contributed by atoms with Crippen LogP contribution in [-0.4, -0.2) is 9.97 Å². The number of hydrogen-bond donors (Lipinski definition) is 1. The third kappa shape index (κ3) is 2.44. The Balaban J connectivity index is 1.96. The molecule has 1 aromatic heterocycles. The van der Waals surface area contributed by atoms with Crippen LogP contribution in [0.2, 0.25) is 5.02 Å². The number of aromatic nitrogens is 2. The molecule has 94 valence electrons. The monoisotopic (exact) mass is 271 g/mol. The van der Waals surface area contributed by atoms with Crippen LogP contribution in [-0.2, 0) is 0 Å². The highest BCUT2D eigenvalue weighted by Crippen LogP contribution is 2.30. The van der Waals surface area contributed by atoms with Crippen molar-refractivity contribution in [2.24, 2.45) is 0 Å². The van der Waals surface area contributed by atoms with Crippen LogP contribution in [0.25, 0.3) is 11.0 Å². The zero-order valence-electron chi connectivity index (χ0n) is 9.88. The minimum Gasteiger partial charge on any atom is -0.436 e. The number of benzene rings is 2. The highest BCUT2D eigenvalue weighted by molar-refractivity contribution is 6.32. The summed E-state index contributed by atoms with van der Waals surface area (Å²) in [7, 11) is 0. The van der Waals surface area contributed by atoms with Gasteiger partial charge in [-0.05, 0) is 30.3 Å². The highest BCUT2D eigenvalue weighted by Gasteiger charge is 2.06. The van der Waals surface area contributed by atoms with Gasteiger partial charge in [0.05, 0.1) is 22.3 Å². The summed E-state index contributed by atoms with van der Waals surface area (Å²) in [5, 5.41) is 0.440. The van der Waals surface area contributed by atoms with Crippen molar-refractivity contribution in [3.63, 3.8) is 0 Å². The van der Waals surface area contributed by atoms with E-state index in [2.05, 4.69) is 9.97 Å². The standard InChI is InChI=1S/C14H10ClN3O/c15-10-7-9(16)5-6-13(10)19-14-8-17-11-3-1-2-4-12(11)18-14/h1-8H,16H2. The van der Waals surface area contributed by atoms with E-state index in [-0.39, 0.29) is 0 Å².